The van der Waals surface area contributed by atoms with Gasteiger partial charge >= 0.3 is 0 Å². The van der Waals surface area contributed by atoms with Gasteiger partial charge in [0.1, 0.15) is 11.6 Å². The van der Waals surface area contributed by atoms with E-state index in [-0.39, 0.29) is 17.8 Å². The Morgan fingerprint density at radius 1 is 1.30 bits per heavy atom. The molecule has 2 aromatic carbocycles. The van der Waals surface area contributed by atoms with E-state index in [0.29, 0.717) is 41.3 Å². The second-order valence-corrected chi connectivity index (χ2v) is 6.35. The summed E-state index contributed by atoms with van der Waals surface area (Å²) in [5.41, 5.74) is 3.01. The van der Waals surface area contributed by atoms with Gasteiger partial charge in [-0.05, 0) is 47.7 Å². The molecule has 1 N–H and O–H groups in total. The molecule has 1 amide bonds. The van der Waals surface area contributed by atoms with Gasteiger partial charge in [-0.2, -0.15) is 0 Å². The van der Waals surface area contributed by atoms with Crippen molar-refractivity contribution < 1.29 is 13.9 Å². The lowest BCUT2D eigenvalue weighted by molar-refractivity contribution is 0.0933. The van der Waals surface area contributed by atoms with Gasteiger partial charge in [0.15, 0.2) is 0 Å². The zero-order chi connectivity index (χ0) is 16.0. The van der Waals surface area contributed by atoms with Gasteiger partial charge in [0.05, 0.1) is 18.2 Å². The average molecular weight is 332 g/mol. The Labute approximate surface area is 138 Å². The van der Waals surface area contributed by atoms with Gasteiger partial charge in [-0.15, -0.1) is 0 Å². The van der Waals surface area contributed by atoms with Crippen molar-refractivity contribution in [1.82, 2.24) is 5.32 Å². The Morgan fingerprint density at radius 2 is 2.17 bits per heavy atom. The molecule has 4 rings (SSSR count). The second kappa shape index (κ2) is 5.53. The lowest BCUT2D eigenvalue weighted by Crippen LogP contribution is -2.27. The Hall–Kier alpha value is -2.07. The number of halogens is 2. The van der Waals surface area contributed by atoms with Crippen molar-refractivity contribution >= 4 is 17.5 Å². The molecule has 5 heteroatoms. The largest absolute Gasteiger partial charge is 0.492 e. The van der Waals surface area contributed by atoms with Gasteiger partial charge in [-0.25, -0.2) is 4.39 Å². The fourth-order valence-corrected chi connectivity index (χ4v) is 3.64. The fourth-order valence-electron chi connectivity index (χ4n) is 3.42. The van der Waals surface area contributed by atoms with E-state index in [2.05, 4.69) is 5.32 Å². The number of ether oxygens (including phenoxy) is 1. The molecule has 0 radical (unpaired) electrons. The first kappa shape index (κ1) is 14.5. The SMILES string of the molecule is O=C(N[C@@H]1CCc2c(F)cc(Cl)cc21)c1cccc2c1OCC2. The van der Waals surface area contributed by atoms with Crippen LogP contribution in [0.25, 0.3) is 0 Å². The monoisotopic (exact) mass is 331 g/mol. The summed E-state index contributed by atoms with van der Waals surface area (Å²) < 4.78 is 19.5. The first-order valence-electron chi connectivity index (χ1n) is 7.67. The molecular weight excluding hydrogens is 317 g/mol. The van der Waals surface area contributed by atoms with Crippen LogP contribution in [0.2, 0.25) is 5.02 Å². The van der Waals surface area contributed by atoms with Crippen LogP contribution in [0.15, 0.2) is 30.3 Å². The van der Waals surface area contributed by atoms with E-state index in [1.54, 1.807) is 12.1 Å². The molecule has 23 heavy (non-hydrogen) atoms. The van der Waals surface area contributed by atoms with Gasteiger partial charge in [-0.3, -0.25) is 4.79 Å². The first-order chi connectivity index (χ1) is 11.1. The van der Waals surface area contributed by atoms with Crippen LogP contribution in [0.1, 0.15) is 39.5 Å². The highest BCUT2D eigenvalue weighted by atomic mass is 35.5. The third kappa shape index (κ3) is 2.47. The van der Waals surface area contributed by atoms with E-state index in [1.807, 2.05) is 12.1 Å². The lowest BCUT2D eigenvalue weighted by atomic mass is 10.1. The number of para-hydroxylation sites is 1. The number of carbonyl (C=O) groups is 1. The molecule has 0 saturated carbocycles. The summed E-state index contributed by atoms with van der Waals surface area (Å²) in [6.07, 6.45) is 2.10. The summed E-state index contributed by atoms with van der Waals surface area (Å²) in [6, 6.07) is 8.43. The van der Waals surface area contributed by atoms with E-state index in [1.165, 1.54) is 6.07 Å². The second-order valence-electron chi connectivity index (χ2n) is 5.91. The molecular formula is C18H15ClFNO2. The molecule has 2 aromatic rings. The number of amides is 1. The predicted octanol–water partition coefficient (Wildman–Crippen LogP) is 3.83. The molecule has 0 fully saturated rings. The highest BCUT2D eigenvalue weighted by molar-refractivity contribution is 6.30. The van der Waals surface area contributed by atoms with Crippen molar-refractivity contribution in [3.8, 4) is 5.75 Å². The molecule has 1 atom stereocenters. The van der Waals surface area contributed by atoms with E-state index >= 15 is 0 Å². The average Bonchev–Trinajstić information content (AvgIpc) is 3.14. The Morgan fingerprint density at radius 3 is 3.04 bits per heavy atom. The third-order valence-corrected chi connectivity index (χ3v) is 4.74. The maximum Gasteiger partial charge on any atom is 0.255 e. The van der Waals surface area contributed by atoms with Crippen molar-refractivity contribution in [2.45, 2.75) is 25.3 Å². The summed E-state index contributed by atoms with van der Waals surface area (Å²) in [5, 5.41) is 3.34. The minimum atomic E-state index is -0.298. The Bertz CT molecular complexity index is 806. The Balaban J connectivity index is 1.62. The normalized spacial score (nSPS) is 18.3. The predicted molar refractivity (Wildman–Crippen MR) is 85.6 cm³/mol. The van der Waals surface area contributed by atoms with Gasteiger partial charge in [-0.1, -0.05) is 23.7 Å². The molecule has 2 aliphatic rings. The van der Waals surface area contributed by atoms with Crippen LogP contribution < -0.4 is 10.1 Å². The minimum absolute atomic E-state index is 0.193. The molecule has 118 valence electrons. The van der Waals surface area contributed by atoms with Crippen LogP contribution in [0.3, 0.4) is 0 Å². The third-order valence-electron chi connectivity index (χ3n) is 4.52. The standard InChI is InChI=1S/C18H15ClFNO2/c19-11-8-14-12(15(20)9-11)4-5-16(14)21-18(22)13-3-1-2-10-6-7-23-17(10)13/h1-3,8-9,16H,4-7H2,(H,21,22)/t16-/m1/s1. The zero-order valence-corrected chi connectivity index (χ0v) is 13.1. The van der Waals surface area contributed by atoms with Crippen molar-refractivity contribution in [2.75, 3.05) is 6.61 Å². The zero-order valence-electron chi connectivity index (χ0n) is 12.4. The van der Waals surface area contributed by atoms with Crippen molar-refractivity contribution in [2.24, 2.45) is 0 Å². The molecule has 0 bridgehead atoms. The van der Waals surface area contributed by atoms with E-state index in [0.717, 1.165) is 17.5 Å². The molecule has 1 aliphatic carbocycles. The van der Waals surface area contributed by atoms with E-state index < -0.39 is 0 Å². The minimum Gasteiger partial charge on any atom is -0.492 e. The van der Waals surface area contributed by atoms with Gasteiger partial charge < -0.3 is 10.1 Å². The number of nitrogens with one attached hydrogen (secondary N) is 1. The van der Waals surface area contributed by atoms with Gasteiger partial charge in [0, 0.05) is 11.4 Å². The molecule has 3 nitrogen and oxygen atoms in total. The summed E-state index contributed by atoms with van der Waals surface area (Å²) >= 11 is 5.95. The van der Waals surface area contributed by atoms with Crippen LogP contribution in [-0.2, 0) is 12.8 Å². The van der Waals surface area contributed by atoms with Crippen LogP contribution in [0.5, 0.6) is 5.75 Å². The topological polar surface area (TPSA) is 38.3 Å². The first-order valence-corrected chi connectivity index (χ1v) is 8.04. The molecule has 1 heterocycles. The summed E-state index contributed by atoms with van der Waals surface area (Å²) in [5.74, 6) is 0.177. The van der Waals surface area contributed by atoms with E-state index in [4.69, 9.17) is 16.3 Å². The van der Waals surface area contributed by atoms with Crippen molar-refractivity contribution in [3.05, 3.63) is 63.4 Å². The van der Waals surface area contributed by atoms with Gasteiger partial charge in [0.25, 0.3) is 5.91 Å². The lowest BCUT2D eigenvalue weighted by Gasteiger charge is -2.16. The molecule has 1 aliphatic heterocycles. The molecule has 0 saturated heterocycles. The number of benzene rings is 2. The fraction of sp³-hybridized carbons (Fsp3) is 0.278. The number of hydrogen-bond donors (Lipinski definition) is 1. The maximum atomic E-state index is 13.9. The Kier molecular flexibility index (Phi) is 3.49. The van der Waals surface area contributed by atoms with Crippen LogP contribution in [0.4, 0.5) is 4.39 Å². The van der Waals surface area contributed by atoms with Crippen molar-refractivity contribution in [1.29, 1.82) is 0 Å². The number of rotatable bonds is 2. The maximum absolute atomic E-state index is 13.9. The van der Waals surface area contributed by atoms with Crippen molar-refractivity contribution in [3.63, 3.8) is 0 Å². The summed E-state index contributed by atoms with van der Waals surface area (Å²) in [4.78, 5) is 12.6. The molecule has 0 unspecified atom stereocenters. The highest BCUT2D eigenvalue weighted by Crippen LogP contribution is 2.36. The van der Waals surface area contributed by atoms with Crippen LogP contribution >= 0.6 is 11.6 Å². The van der Waals surface area contributed by atoms with Crippen LogP contribution in [0, 0.1) is 5.82 Å². The number of hydrogen-bond acceptors (Lipinski definition) is 2. The number of fused-ring (bicyclic) bond motifs is 2. The van der Waals surface area contributed by atoms with Gasteiger partial charge in [0.2, 0.25) is 0 Å². The molecule has 0 aromatic heterocycles. The highest BCUT2D eigenvalue weighted by Gasteiger charge is 2.29. The van der Waals surface area contributed by atoms with Crippen LogP contribution in [-0.4, -0.2) is 12.5 Å². The van der Waals surface area contributed by atoms with E-state index in [9.17, 15) is 9.18 Å². The number of carbonyl (C=O) groups excluding carboxylic acids is 1. The molecule has 0 spiro atoms. The quantitative estimate of drug-likeness (QED) is 0.908. The summed E-state index contributed by atoms with van der Waals surface area (Å²) in [7, 11) is 0. The summed E-state index contributed by atoms with van der Waals surface area (Å²) in [6.45, 7) is 0.604. The smallest absolute Gasteiger partial charge is 0.255 e.